The van der Waals surface area contributed by atoms with Crippen LogP contribution in [0, 0.1) is 5.92 Å². The van der Waals surface area contributed by atoms with Crippen molar-refractivity contribution in [3.63, 3.8) is 0 Å². The first kappa shape index (κ1) is 14.3. The summed E-state index contributed by atoms with van der Waals surface area (Å²) in [7, 11) is 0. The number of hydrogen-bond acceptors (Lipinski definition) is 3. The van der Waals surface area contributed by atoms with Gasteiger partial charge in [-0.25, -0.2) is 0 Å². The third-order valence-electron chi connectivity index (χ3n) is 3.95. The van der Waals surface area contributed by atoms with Gasteiger partial charge in [0.1, 0.15) is 5.75 Å². The van der Waals surface area contributed by atoms with E-state index in [0.717, 1.165) is 36.7 Å². The van der Waals surface area contributed by atoms with Crippen LogP contribution in [0.5, 0.6) is 5.75 Å². The van der Waals surface area contributed by atoms with Gasteiger partial charge >= 0.3 is 0 Å². The zero-order valence-corrected chi connectivity index (χ0v) is 12.0. The van der Waals surface area contributed by atoms with Crippen molar-refractivity contribution in [2.75, 3.05) is 6.61 Å². The highest BCUT2D eigenvalue weighted by Gasteiger charge is 2.18. The molecule has 1 heterocycles. The molecule has 0 spiro atoms. The average Bonchev–Trinajstić information content (AvgIpc) is 2.46. The fourth-order valence-electron chi connectivity index (χ4n) is 2.86. The Labute approximate surface area is 116 Å². The number of nitrogens with zero attached hydrogens (tertiary/aromatic N) is 1. The second kappa shape index (κ2) is 7.49. The maximum atomic E-state index is 6.33. The Morgan fingerprint density at radius 1 is 1.32 bits per heavy atom. The fraction of sp³-hybridized carbons (Fsp3) is 0.688. The molecule has 3 heteroatoms. The molecule has 1 aliphatic carbocycles. The molecule has 1 atom stereocenters. The Hall–Kier alpha value is -1.09. The number of nitrogens with two attached hydrogens (primary N) is 1. The number of pyridine rings is 1. The van der Waals surface area contributed by atoms with Gasteiger partial charge in [-0.05, 0) is 30.4 Å². The van der Waals surface area contributed by atoms with Crippen molar-refractivity contribution in [1.29, 1.82) is 0 Å². The van der Waals surface area contributed by atoms with Crippen LogP contribution in [0.4, 0.5) is 0 Å². The van der Waals surface area contributed by atoms with E-state index in [9.17, 15) is 0 Å². The number of rotatable bonds is 6. The molecule has 1 aromatic rings. The predicted molar refractivity (Wildman–Crippen MR) is 78.1 cm³/mol. The molecule has 0 saturated heterocycles. The lowest BCUT2D eigenvalue weighted by atomic mass is 9.84. The summed E-state index contributed by atoms with van der Waals surface area (Å²) in [5, 5.41) is 0. The third kappa shape index (κ3) is 4.50. The van der Waals surface area contributed by atoms with Crippen molar-refractivity contribution in [3.8, 4) is 5.75 Å². The molecule has 0 aromatic carbocycles. The molecule has 106 valence electrons. The van der Waals surface area contributed by atoms with Gasteiger partial charge in [-0.2, -0.15) is 0 Å². The molecule has 19 heavy (non-hydrogen) atoms. The van der Waals surface area contributed by atoms with Gasteiger partial charge in [0.2, 0.25) is 0 Å². The number of ether oxygens (including phenoxy) is 1. The summed E-state index contributed by atoms with van der Waals surface area (Å²) in [4.78, 5) is 4.25. The van der Waals surface area contributed by atoms with Gasteiger partial charge in [0.15, 0.2) is 0 Å². The molecule has 1 unspecified atom stereocenters. The Morgan fingerprint density at radius 3 is 2.84 bits per heavy atom. The van der Waals surface area contributed by atoms with Gasteiger partial charge in [0.05, 0.1) is 12.8 Å². The first-order valence-electron chi connectivity index (χ1n) is 7.63. The van der Waals surface area contributed by atoms with Gasteiger partial charge in [-0.1, -0.05) is 39.0 Å². The predicted octanol–water partition coefficient (Wildman–Crippen LogP) is 3.84. The van der Waals surface area contributed by atoms with Gasteiger partial charge in [0.25, 0.3) is 0 Å². The first-order valence-corrected chi connectivity index (χ1v) is 7.63. The summed E-state index contributed by atoms with van der Waals surface area (Å²) in [6, 6.07) is 2.15. The summed E-state index contributed by atoms with van der Waals surface area (Å²) < 4.78 is 5.62. The van der Waals surface area contributed by atoms with Gasteiger partial charge in [0, 0.05) is 12.2 Å². The van der Waals surface area contributed by atoms with E-state index in [2.05, 4.69) is 18.0 Å². The van der Waals surface area contributed by atoms with E-state index in [1.807, 2.05) is 6.20 Å². The number of aromatic nitrogens is 1. The van der Waals surface area contributed by atoms with E-state index >= 15 is 0 Å². The Morgan fingerprint density at radius 2 is 2.11 bits per heavy atom. The fourth-order valence-corrected chi connectivity index (χ4v) is 2.86. The van der Waals surface area contributed by atoms with Crippen molar-refractivity contribution in [1.82, 2.24) is 4.98 Å². The Kier molecular flexibility index (Phi) is 5.64. The Balaban J connectivity index is 1.91. The molecular formula is C16H26N2O. The molecule has 2 rings (SSSR count). The number of hydrogen-bond donors (Lipinski definition) is 1. The minimum Gasteiger partial charge on any atom is -0.492 e. The monoisotopic (exact) mass is 262 g/mol. The Bertz CT molecular complexity index is 375. The summed E-state index contributed by atoms with van der Waals surface area (Å²) in [5.74, 6) is 1.64. The molecule has 0 bridgehead atoms. The van der Waals surface area contributed by atoms with Crippen LogP contribution in [0.2, 0.25) is 0 Å². The lowest BCUT2D eigenvalue weighted by Crippen LogP contribution is -2.17. The average molecular weight is 262 g/mol. The van der Waals surface area contributed by atoms with Gasteiger partial charge < -0.3 is 10.5 Å². The van der Waals surface area contributed by atoms with E-state index in [-0.39, 0.29) is 6.04 Å². The van der Waals surface area contributed by atoms with Crippen LogP contribution < -0.4 is 10.5 Å². The van der Waals surface area contributed by atoms with Crippen LogP contribution in [-0.4, -0.2) is 11.6 Å². The van der Waals surface area contributed by atoms with E-state index in [0.29, 0.717) is 0 Å². The maximum Gasteiger partial charge on any atom is 0.137 e. The summed E-state index contributed by atoms with van der Waals surface area (Å²) in [6.07, 6.45) is 12.6. The van der Waals surface area contributed by atoms with Crippen molar-refractivity contribution >= 4 is 0 Å². The molecule has 0 aliphatic heterocycles. The smallest absolute Gasteiger partial charge is 0.137 e. The van der Waals surface area contributed by atoms with Crippen molar-refractivity contribution in [2.45, 2.75) is 57.9 Å². The standard InChI is InChI=1S/C16H26N2O/c1-2-8-19-15-10-14(11-18-12-15)16(17)9-13-6-4-3-5-7-13/h10-13,16H,2-9,17H2,1H3. The molecule has 2 N–H and O–H groups in total. The van der Waals surface area contributed by atoms with Crippen LogP contribution in [0.15, 0.2) is 18.5 Å². The van der Waals surface area contributed by atoms with Crippen LogP contribution in [0.3, 0.4) is 0 Å². The molecular weight excluding hydrogens is 236 g/mol. The highest BCUT2D eigenvalue weighted by atomic mass is 16.5. The molecule has 1 aliphatic rings. The third-order valence-corrected chi connectivity index (χ3v) is 3.95. The van der Waals surface area contributed by atoms with Crippen LogP contribution in [0.1, 0.15) is 63.5 Å². The SMILES string of the molecule is CCCOc1cncc(C(N)CC2CCCCC2)c1. The zero-order valence-electron chi connectivity index (χ0n) is 12.0. The summed E-state index contributed by atoms with van der Waals surface area (Å²) in [6.45, 7) is 2.84. The topological polar surface area (TPSA) is 48.1 Å². The van der Waals surface area contributed by atoms with Crippen molar-refractivity contribution in [2.24, 2.45) is 11.7 Å². The zero-order chi connectivity index (χ0) is 13.5. The molecule has 1 fully saturated rings. The largest absolute Gasteiger partial charge is 0.492 e. The first-order chi connectivity index (χ1) is 9.29. The summed E-state index contributed by atoms with van der Waals surface area (Å²) >= 11 is 0. The minimum atomic E-state index is 0.0979. The second-order valence-corrected chi connectivity index (χ2v) is 5.65. The normalized spacial score (nSPS) is 18.2. The lowest BCUT2D eigenvalue weighted by molar-refractivity contribution is 0.311. The highest BCUT2D eigenvalue weighted by Crippen LogP contribution is 2.31. The minimum absolute atomic E-state index is 0.0979. The van der Waals surface area contributed by atoms with E-state index in [1.165, 1.54) is 32.1 Å². The van der Waals surface area contributed by atoms with Gasteiger partial charge in [-0.3, -0.25) is 4.98 Å². The summed E-state index contributed by atoms with van der Waals surface area (Å²) in [5.41, 5.74) is 7.44. The van der Waals surface area contributed by atoms with E-state index < -0.39 is 0 Å². The molecule has 1 aromatic heterocycles. The molecule has 1 saturated carbocycles. The van der Waals surface area contributed by atoms with Crippen molar-refractivity contribution < 1.29 is 4.74 Å². The maximum absolute atomic E-state index is 6.33. The van der Waals surface area contributed by atoms with E-state index in [1.54, 1.807) is 6.20 Å². The lowest BCUT2D eigenvalue weighted by Gasteiger charge is -2.24. The second-order valence-electron chi connectivity index (χ2n) is 5.65. The molecule has 0 amide bonds. The highest BCUT2D eigenvalue weighted by molar-refractivity contribution is 5.25. The molecule has 3 nitrogen and oxygen atoms in total. The van der Waals surface area contributed by atoms with Crippen LogP contribution in [-0.2, 0) is 0 Å². The van der Waals surface area contributed by atoms with Crippen molar-refractivity contribution in [3.05, 3.63) is 24.0 Å². The van der Waals surface area contributed by atoms with Gasteiger partial charge in [-0.15, -0.1) is 0 Å². The van der Waals surface area contributed by atoms with Crippen LogP contribution >= 0.6 is 0 Å². The quantitative estimate of drug-likeness (QED) is 0.847. The van der Waals surface area contributed by atoms with E-state index in [4.69, 9.17) is 10.5 Å². The van der Waals surface area contributed by atoms with Crippen LogP contribution in [0.25, 0.3) is 0 Å². The molecule has 0 radical (unpaired) electrons.